The zero-order chi connectivity index (χ0) is 19.6. The second kappa shape index (κ2) is 6.28. The number of allylic oxidation sites excluding steroid dienone is 1. The highest BCUT2D eigenvalue weighted by Gasteiger charge is 2.63. The molecule has 0 aliphatic heterocycles. The summed E-state index contributed by atoms with van der Waals surface area (Å²) in [7, 11) is 1.44. The third-order valence-electron chi connectivity index (χ3n) is 9.07. The maximum Gasteiger partial charge on any atom is 0.308 e. The predicted molar refractivity (Wildman–Crippen MR) is 102 cm³/mol. The van der Waals surface area contributed by atoms with Crippen LogP contribution in [0.5, 0.6) is 0 Å². The lowest BCUT2D eigenvalue weighted by molar-refractivity contribution is -0.155. The van der Waals surface area contributed by atoms with Gasteiger partial charge in [-0.15, -0.1) is 0 Å². The van der Waals surface area contributed by atoms with E-state index in [1.165, 1.54) is 12.7 Å². The Balaban J connectivity index is 1.68. The van der Waals surface area contributed by atoms with Gasteiger partial charge in [0.15, 0.2) is 5.78 Å². The molecule has 0 bridgehead atoms. The van der Waals surface area contributed by atoms with Crippen LogP contribution in [0.4, 0.5) is 0 Å². The summed E-state index contributed by atoms with van der Waals surface area (Å²) in [6.45, 7) is 6.35. The van der Waals surface area contributed by atoms with Gasteiger partial charge in [0, 0.05) is 18.3 Å². The van der Waals surface area contributed by atoms with Crippen LogP contribution >= 0.6 is 0 Å². The average molecular weight is 373 g/mol. The van der Waals surface area contributed by atoms with E-state index in [9.17, 15) is 14.4 Å². The summed E-state index contributed by atoms with van der Waals surface area (Å²) < 4.78 is 5.00. The fourth-order valence-corrected chi connectivity index (χ4v) is 7.46. The minimum absolute atomic E-state index is 0.000130. The normalized spacial score (nSPS) is 44.7. The van der Waals surface area contributed by atoms with E-state index in [0.29, 0.717) is 36.4 Å². The first-order valence-corrected chi connectivity index (χ1v) is 10.6. The van der Waals surface area contributed by atoms with Crippen molar-refractivity contribution in [2.24, 2.45) is 40.4 Å². The van der Waals surface area contributed by atoms with Crippen LogP contribution in [-0.2, 0) is 19.1 Å². The number of Topliss-reactive ketones (excluding diaryl/α,β-unsaturated/α-hetero) is 1. The first kappa shape index (κ1) is 18.9. The Labute approximate surface area is 162 Å². The third-order valence-corrected chi connectivity index (χ3v) is 9.07. The Kier molecular flexibility index (Phi) is 4.40. The molecule has 0 heterocycles. The SMILES string of the molecule is COC(=O)C(C)C1CCC2C3CCC4=CC(=O)CCC4(C)C3CC(=O)C12C. The van der Waals surface area contributed by atoms with Gasteiger partial charge in [-0.05, 0) is 67.3 Å². The largest absolute Gasteiger partial charge is 0.469 e. The van der Waals surface area contributed by atoms with E-state index in [2.05, 4.69) is 13.8 Å². The molecule has 0 saturated heterocycles. The molecule has 0 radical (unpaired) electrons. The van der Waals surface area contributed by atoms with Gasteiger partial charge in [-0.3, -0.25) is 14.4 Å². The topological polar surface area (TPSA) is 60.4 Å². The summed E-state index contributed by atoms with van der Waals surface area (Å²) in [5.41, 5.74) is 0.880. The lowest BCUT2D eigenvalue weighted by Crippen LogP contribution is -2.55. The smallest absolute Gasteiger partial charge is 0.308 e. The molecule has 4 heteroatoms. The Morgan fingerprint density at radius 2 is 1.89 bits per heavy atom. The Bertz CT molecular complexity index is 722. The van der Waals surface area contributed by atoms with E-state index in [1.54, 1.807) is 0 Å². The van der Waals surface area contributed by atoms with Crippen molar-refractivity contribution in [3.8, 4) is 0 Å². The molecule has 7 atom stereocenters. The van der Waals surface area contributed by atoms with Crippen molar-refractivity contribution in [3.63, 3.8) is 0 Å². The summed E-state index contributed by atoms with van der Waals surface area (Å²) in [6, 6.07) is 0. The molecule has 0 aromatic heterocycles. The van der Waals surface area contributed by atoms with Crippen molar-refractivity contribution in [2.75, 3.05) is 7.11 Å². The van der Waals surface area contributed by atoms with Crippen molar-refractivity contribution in [1.29, 1.82) is 0 Å². The summed E-state index contributed by atoms with van der Waals surface area (Å²) in [4.78, 5) is 37.7. The van der Waals surface area contributed by atoms with Crippen LogP contribution in [0.1, 0.15) is 65.7 Å². The molecule has 0 aromatic rings. The van der Waals surface area contributed by atoms with Crippen LogP contribution in [0.15, 0.2) is 11.6 Å². The number of ketones is 2. The number of esters is 1. The van der Waals surface area contributed by atoms with Crippen molar-refractivity contribution in [3.05, 3.63) is 11.6 Å². The van der Waals surface area contributed by atoms with Gasteiger partial charge in [-0.25, -0.2) is 0 Å². The van der Waals surface area contributed by atoms with Crippen LogP contribution in [0.25, 0.3) is 0 Å². The lowest BCUT2D eigenvalue weighted by Gasteiger charge is -2.57. The first-order valence-electron chi connectivity index (χ1n) is 10.6. The predicted octanol–water partition coefficient (Wildman–Crippen LogP) is 4.12. The fourth-order valence-electron chi connectivity index (χ4n) is 7.46. The van der Waals surface area contributed by atoms with Gasteiger partial charge in [0.1, 0.15) is 5.78 Å². The highest BCUT2D eigenvalue weighted by molar-refractivity contribution is 5.92. The monoisotopic (exact) mass is 372 g/mol. The van der Waals surface area contributed by atoms with Crippen LogP contribution in [-0.4, -0.2) is 24.6 Å². The van der Waals surface area contributed by atoms with Gasteiger partial charge in [0.05, 0.1) is 13.0 Å². The van der Waals surface area contributed by atoms with E-state index in [0.717, 1.165) is 32.1 Å². The Morgan fingerprint density at radius 1 is 1.15 bits per heavy atom. The molecule has 4 rings (SSSR count). The van der Waals surface area contributed by atoms with Crippen molar-refractivity contribution in [2.45, 2.75) is 65.7 Å². The summed E-state index contributed by atoms with van der Waals surface area (Å²) in [6.07, 6.45) is 8.01. The maximum absolute atomic E-state index is 13.5. The quantitative estimate of drug-likeness (QED) is 0.684. The zero-order valence-electron chi connectivity index (χ0n) is 17.0. The van der Waals surface area contributed by atoms with Crippen molar-refractivity contribution < 1.29 is 19.1 Å². The Hall–Kier alpha value is -1.45. The van der Waals surface area contributed by atoms with Gasteiger partial charge >= 0.3 is 5.97 Å². The van der Waals surface area contributed by atoms with E-state index in [1.807, 2.05) is 13.0 Å². The highest BCUT2D eigenvalue weighted by Crippen LogP contribution is 2.66. The number of carbonyl (C=O) groups is 3. The van der Waals surface area contributed by atoms with E-state index >= 15 is 0 Å². The van der Waals surface area contributed by atoms with Crippen molar-refractivity contribution in [1.82, 2.24) is 0 Å². The summed E-state index contributed by atoms with van der Waals surface area (Å²) >= 11 is 0. The van der Waals surface area contributed by atoms with E-state index in [4.69, 9.17) is 4.74 Å². The number of hydrogen-bond donors (Lipinski definition) is 0. The summed E-state index contributed by atoms with van der Waals surface area (Å²) in [5, 5.41) is 0. The summed E-state index contributed by atoms with van der Waals surface area (Å²) in [5.74, 6) is 1.49. The average Bonchev–Trinajstić information content (AvgIpc) is 3.01. The van der Waals surface area contributed by atoms with Crippen LogP contribution in [0.3, 0.4) is 0 Å². The molecular formula is C23H32O4. The highest BCUT2D eigenvalue weighted by atomic mass is 16.5. The number of fused-ring (bicyclic) bond motifs is 5. The molecule has 0 aromatic carbocycles. The number of carbonyl (C=O) groups excluding carboxylic acids is 3. The number of rotatable bonds is 2. The van der Waals surface area contributed by atoms with E-state index < -0.39 is 5.41 Å². The standard InChI is InChI=1S/C23H32O4/c1-13(21(26)27-4)17-7-8-18-16-6-5-14-11-15(24)9-10-22(14,2)19(16)12-20(25)23(17,18)3/h11,13,16-19H,5-10,12H2,1-4H3. The molecule has 3 saturated carbocycles. The molecule has 27 heavy (non-hydrogen) atoms. The molecule has 4 aliphatic rings. The molecule has 3 fully saturated rings. The molecule has 4 aliphatic carbocycles. The molecule has 148 valence electrons. The molecule has 0 spiro atoms. The number of hydrogen-bond acceptors (Lipinski definition) is 4. The second-order valence-corrected chi connectivity index (χ2v) is 9.87. The van der Waals surface area contributed by atoms with Gasteiger partial charge < -0.3 is 4.74 Å². The minimum atomic E-state index is -0.406. The first-order chi connectivity index (χ1) is 12.7. The van der Waals surface area contributed by atoms with Crippen LogP contribution < -0.4 is 0 Å². The lowest BCUT2D eigenvalue weighted by atomic mass is 9.46. The second-order valence-electron chi connectivity index (χ2n) is 9.87. The minimum Gasteiger partial charge on any atom is -0.469 e. The van der Waals surface area contributed by atoms with Crippen LogP contribution in [0, 0.1) is 40.4 Å². The van der Waals surface area contributed by atoms with Gasteiger partial charge in [-0.1, -0.05) is 26.3 Å². The third kappa shape index (κ3) is 2.51. The maximum atomic E-state index is 13.5. The Morgan fingerprint density at radius 3 is 2.59 bits per heavy atom. The van der Waals surface area contributed by atoms with Gasteiger partial charge in [0.25, 0.3) is 0 Å². The van der Waals surface area contributed by atoms with Gasteiger partial charge in [-0.2, -0.15) is 0 Å². The number of methoxy groups -OCH3 is 1. The molecular weight excluding hydrogens is 340 g/mol. The number of ether oxygens (including phenoxy) is 1. The fraction of sp³-hybridized carbons (Fsp3) is 0.783. The van der Waals surface area contributed by atoms with Gasteiger partial charge in [0.2, 0.25) is 0 Å². The van der Waals surface area contributed by atoms with Crippen LogP contribution in [0.2, 0.25) is 0 Å². The van der Waals surface area contributed by atoms with E-state index in [-0.39, 0.29) is 29.0 Å². The van der Waals surface area contributed by atoms with Crippen molar-refractivity contribution >= 4 is 17.5 Å². The molecule has 7 unspecified atom stereocenters. The molecule has 0 N–H and O–H groups in total. The molecule has 4 nitrogen and oxygen atoms in total. The zero-order valence-corrected chi connectivity index (χ0v) is 17.0. The molecule has 0 amide bonds.